The van der Waals surface area contributed by atoms with Crippen LogP contribution >= 0.6 is 0 Å². The van der Waals surface area contributed by atoms with Crippen LogP contribution in [0.1, 0.15) is 46.0 Å². The summed E-state index contributed by atoms with van der Waals surface area (Å²) >= 11 is 0. The molecule has 0 saturated carbocycles. The maximum atomic E-state index is 12.6. The number of rotatable bonds is 8. The number of hydrogen-bond acceptors (Lipinski definition) is 6. The van der Waals surface area contributed by atoms with Gasteiger partial charge in [-0.2, -0.15) is 18.2 Å². The molecule has 0 unspecified atom stereocenters. The molecule has 0 aliphatic heterocycles. The van der Waals surface area contributed by atoms with Crippen LogP contribution in [0.4, 0.5) is 24.9 Å². The van der Waals surface area contributed by atoms with E-state index in [0.29, 0.717) is 23.3 Å². The van der Waals surface area contributed by atoms with Crippen molar-refractivity contribution in [3.63, 3.8) is 0 Å². The summed E-state index contributed by atoms with van der Waals surface area (Å²) in [4.78, 5) is 12.5. The van der Waals surface area contributed by atoms with Crippen molar-refractivity contribution in [2.45, 2.75) is 63.8 Å². The van der Waals surface area contributed by atoms with Gasteiger partial charge in [0.25, 0.3) is 0 Å². The van der Waals surface area contributed by atoms with Crippen LogP contribution in [0.2, 0.25) is 0 Å². The van der Waals surface area contributed by atoms with E-state index in [2.05, 4.69) is 20.3 Å². The molecular weight excluding hydrogens is 347 g/mol. The van der Waals surface area contributed by atoms with Crippen LogP contribution in [-0.4, -0.2) is 37.9 Å². The van der Waals surface area contributed by atoms with E-state index in [4.69, 9.17) is 5.73 Å². The van der Waals surface area contributed by atoms with Crippen molar-refractivity contribution in [1.29, 1.82) is 0 Å². The molecule has 2 rings (SSSR count). The molecule has 2 aromatic heterocycles. The smallest absolute Gasteiger partial charge is 0.384 e. The molecule has 2 heterocycles. The second-order valence-corrected chi connectivity index (χ2v) is 6.69. The molecule has 6 nitrogen and oxygen atoms in total. The van der Waals surface area contributed by atoms with E-state index in [0.717, 1.165) is 12.8 Å². The van der Waals surface area contributed by atoms with Crippen molar-refractivity contribution in [3.8, 4) is 0 Å². The minimum Gasteiger partial charge on any atom is -0.384 e. The predicted molar refractivity (Wildman–Crippen MR) is 94.6 cm³/mol. The first-order chi connectivity index (χ1) is 12.1. The summed E-state index contributed by atoms with van der Waals surface area (Å²) in [6.45, 7) is 3.82. The molecule has 0 saturated heterocycles. The zero-order valence-corrected chi connectivity index (χ0v) is 14.8. The van der Waals surface area contributed by atoms with Crippen LogP contribution in [0, 0.1) is 0 Å². The average molecular weight is 371 g/mol. The van der Waals surface area contributed by atoms with E-state index >= 15 is 0 Å². The van der Waals surface area contributed by atoms with E-state index in [1.54, 1.807) is 18.3 Å². The number of fused-ring (bicyclic) bond motifs is 1. The van der Waals surface area contributed by atoms with Crippen LogP contribution in [-0.2, 0) is 0 Å². The number of aromatic nitrogens is 3. The Morgan fingerprint density at radius 2 is 2.00 bits per heavy atom. The molecule has 26 heavy (non-hydrogen) atoms. The first-order valence-electron chi connectivity index (χ1n) is 8.56. The van der Waals surface area contributed by atoms with E-state index in [1.165, 1.54) is 0 Å². The van der Waals surface area contributed by atoms with Crippen molar-refractivity contribution in [2.24, 2.45) is 0 Å². The molecule has 2 atom stereocenters. The third-order valence-corrected chi connectivity index (χ3v) is 4.32. The topological polar surface area (TPSA) is 97.0 Å². The summed E-state index contributed by atoms with van der Waals surface area (Å²) in [5.41, 5.74) is 6.10. The van der Waals surface area contributed by atoms with Crippen molar-refractivity contribution >= 4 is 22.8 Å². The number of pyridine rings is 1. The molecule has 0 bridgehead atoms. The van der Waals surface area contributed by atoms with Gasteiger partial charge < -0.3 is 16.2 Å². The van der Waals surface area contributed by atoms with Crippen molar-refractivity contribution in [2.75, 3.05) is 11.1 Å². The Hall–Kier alpha value is -2.16. The highest BCUT2D eigenvalue weighted by atomic mass is 19.4. The highest BCUT2D eigenvalue weighted by Gasteiger charge is 2.39. The van der Waals surface area contributed by atoms with Crippen LogP contribution in [0.25, 0.3) is 11.0 Å². The maximum Gasteiger partial charge on any atom is 0.414 e. The Morgan fingerprint density at radius 3 is 2.65 bits per heavy atom. The average Bonchev–Trinajstić information content (AvgIpc) is 2.57. The number of halogens is 3. The van der Waals surface area contributed by atoms with Gasteiger partial charge in [-0.05, 0) is 38.3 Å². The number of anilines is 2. The van der Waals surface area contributed by atoms with Gasteiger partial charge in [0.15, 0.2) is 5.82 Å². The Bertz CT molecular complexity index is 740. The second-order valence-electron chi connectivity index (χ2n) is 6.69. The molecule has 0 aliphatic carbocycles. The molecule has 0 radical (unpaired) electrons. The summed E-state index contributed by atoms with van der Waals surface area (Å²) in [6.07, 6.45) is -3.35. The zero-order valence-electron chi connectivity index (χ0n) is 14.8. The summed E-state index contributed by atoms with van der Waals surface area (Å²) in [7, 11) is 0. The number of nitrogen functional groups attached to an aromatic ring is 1. The van der Waals surface area contributed by atoms with E-state index in [1.807, 2.05) is 13.8 Å². The van der Waals surface area contributed by atoms with Gasteiger partial charge in [0.05, 0.1) is 5.52 Å². The van der Waals surface area contributed by atoms with Crippen LogP contribution < -0.4 is 11.1 Å². The normalized spacial score (nSPS) is 15.6. The molecule has 0 fully saturated rings. The lowest BCUT2D eigenvalue weighted by Gasteiger charge is -2.33. The Balaban J connectivity index is 2.27. The number of unbranched alkanes of at least 4 members (excludes halogenated alkanes) is 1. The monoisotopic (exact) mass is 371 g/mol. The number of aliphatic hydroxyl groups is 1. The number of nitrogens with one attached hydrogen (secondary N) is 1. The highest BCUT2D eigenvalue weighted by Crippen LogP contribution is 2.31. The number of nitrogens with zero attached hydrogens (tertiary/aromatic N) is 3. The van der Waals surface area contributed by atoms with Gasteiger partial charge in [-0.25, -0.2) is 4.98 Å². The standard InChI is InChI=1S/C17H24F3N5O/c1-3-4-8-16(2,9-7-12(26)17(18,19)20)25-14-13-11(6-5-10-22-13)23-15(21)24-14/h5-6,10,12,26H,3-4,7-9H2,1-2H3,(H3,21,23,24,25)/t12-,16-/m1/s1. The Morgan fingerprint density at radius 1 is 1.27 bits per heavy atom. The molecule has 0 amide bonds. The van der Waals surface area contributed by atoms with E-state index in [9.17, 15) is 18.3 Å². The zero-order chi connectivity index (χ0) is 19.4. The summed E-state index contributed by atoms with van der Waals surface area (Å²) < 4.78 is 37.9. The van der Waals surface area contributed by atoms with Gasteiger partial charge in [-0.3, -0.25) is 4.98 Å². The molecular formula is C17H24F3N5O. The van der Waals surface area contributed by atoms with Crippen LogP contribution in [0.3, 0.4) is 0 Å². The Labute approximate surface area is 150 Å². The predicted octanol–water partition coefficient (Wildman–Crippen LogP) is 3.67. The Kier molecular flexibility index (Phi) is 6.22. The highest BCUT2D eigenvalue weighted by molar-refractivity contribution is 5.86. The third-order valence-electron chi connectivity index (χ3n) is 4.32. The fourth-order valence-corrected chi connectivity index (χ4v) is 2.79. The molecule has 2 aromatic rings. The van der Waals surface area contributed by atoms with Gasteiger partial charge in [0.2, 0.25) is 5.95 Å². The van der Waals surface area contributed by atoms with Crippen molar-refractivity contribution in [3.05, 3.63) is 18.3 Å². The van der Waals surface area contributed by atoms with Gasteiger partial charge >= 0.3 is 6.18 Å². The van der Waals surface area contributed by atoms with Crippen LogP contribution in [0.5, 0.6) is 0 Å². The summed E-state index contributed by atoms with van der Waals surface area (Å²) in [5.74, 6) is 0.439. The largest absolute Gasteiger partial charge is 0.414 e. The minimum atomic E-state index is -4.63. The van der Waals surface area contributed by atoms with Crippen molar-refractivity contribution < 1.29 is 18.3 Å². The van der Waals surface area contributed by atoms with E-state index < -0.39 is 24.2 Å². The molecule has 9 heteroatoms. The fraction of sp³-hybridized carbons (Fsp3) is 0.588. The van der Waals surface area contributed by atoms with Gasteiger partial charge in [0.1, 0.15) is 11.6 Å². The number of alkyl halides is 3. The van der Waals surface area contributed by atoms with Crippen molar-refractivity contribution in [1.82, 2.24) is 15.0 Å². The summed E-state index contributed by atoms with van der Waals surface area (Å²) in [5, 5.41) is 12.6. The lowest BCUT2D eigenvalue weighted by atomic mass is 9.88. The second kappa shape index (κ2) is 8.03. The molecule has 0 spiro atoms. The first kappa shape index (κ1) is 20.2. The quantitative estimate of drug-likeness (QED) is 0.655. The number of hydrogen-bond donors (Lipinski definition) is 3. The minimum absolute atomic E-state index is 0.0566. The molecule has 144 valence electrons. The lowest BCUT2D eigenvalue weighted by molar-refractivity contribution is -0.206. The first-order valence-corrected chi connectivity index (χ1v) is 8.56. The number of nitrogens with two attached hydrogens (primary N) is 1. The van der Waals surface area contributed by atoms with Gasteiger partial charge in [-0.1, -0.05) is 19.8 Å². The number of aliphatic hydroxyl groups excluding tert-OH is 1. The lowest BCUT2D eigenvalue weighted by Crippen LogP contribution is -2.38. The molecule has 0 aliphatic rings. The fourth-order valence-electron chi connectivity index (χ4n) is 2.79. The van der Waals surface area contributed by atoms with E-state index in [-0.39, 0.29) is 12.4 Å². The third kappa shape index (κ3) is 5.17. The summed E-state index contributed by atoms with van der Waals surface area (Å²) in [6, 6.07) is 3.46. The SMILES string of the molecule is CCCC[C@](C)(CC[C@@H](O)C(F)(F)F)Nc1nc(N)nc2cccnc12. The molecule has 4 N–H and O–H groups in total. The van der Waals surface area contributed by atoms with Gasteiger partial charge in [0, 0.05) is 11.7 Å². The molecule has 0 aromatic carbocycles. The van der Waals surface area contributed by atoms with Crippen LogP contribution in [0.15, 0.2) is 18.3 Å². The van der Waals surface area contributed by atoms with Gasteiger partial charge in [-0.15, -0.1) is 0 Å². The maximum absolute atomic E-state index is 12.6.